The van der Waals surface area contributed by atoms with Crippen LogP contribution in [0, 0.1) is 0 Å². The normalized spacial score (nSPS) is 17.8. The van der Waals surface area contributed by atoms with Crippen molar-refractivity contribution in [1.82, 2.24) is 0 Å². The Balaban J connectivity index is 1.78. The van der Waals surface area contributed by atoms with Crippen molar-refractivity contribution in [2.45, 2.75) is 25.3 Å². The second-order valence-corrected chi connectivity index (χ2v) is 4.77. The first-order chi connectivity index (χ1) is 9.24. The standard InChI is InChI=1S/C15H15NO3/c17-15(18)10-4-6-11(7-5-10)16-13-2-1-3-14-12(13)8-9-19-14/h4-9,13,16H,1-3H2,(H,17,18). The Labute approximate surface area is 111 Å². The number of anilines is 1. The lowest BCUT2D eigenvalue weighted by Crippen LogP contribution is -2.15. The molecule has 2 N–H and O–H groups in total. The maximum absolute atomic E-state index is 10.8. The highest BCUT2D eigenvalue weighted by Gasteiger charge is 2.22. The van der Waals surface area contributed by atoms with Crippen LogP contribution in [0.25, 0.3) is 0 Å². The third kappa shape index (κ3) is 2.34. The first-order valence-electron chi connectivity index (χ1n) is 6.40. The quantitative estimate of drug-likeness (QED) is 0.883. The Morgan fingerprint density at radius 2 is 2.05 bits per heavy atom. The number of carbonyl (C=O) groups is 1. The van der Waals surface area contributed by atoms with E-state index in [1.54, 1.807) is 30.5 Å². The van der Waals surface area contributed by atoms with E-state index >= 15 is 0 Å². The van der Waals surface area contributed by atoms with Gasteiger partial charge in [-0.25, -0.2) is 4.79 Å². The molecule has 0 amide bonds. The summed E-state index contributed by atoms with van der Waals surface area (Å²) in [5.41, 5.74) is 2.45. The molecule has 0 bridgehead atoms. The number of aryl methyl sites for hydroxylation is 1. The predicted molar refractivity (Wildman–Crippen MR) is 71.4 cm³/mol. The summed E-state index contributed by atoms with van der Waals surface area (Å²) in [5, 5.41) is 12.3. The summed E-state index contributed by atoms with van der Waals surface area (Å²) in [7, 11) is 0. The lowest BCUT2D eigenvalue weighted by Gasteiger charge is -2.23. The molecule has 19 heavy (non-hydrogen) atoms. The fourth-order valence-corrected chi connectivity index (χ4v) is 2.55. The second kappa shape index (κ2) is 4.80. The van der Waals surface area contributed by atoms with E-state index in [1.165, 1.54) is 5.56 Å². The molecule has 4 nitrogen and oxygen atoms in total. The van der Waals surface area contributed by atoms with E-state index in [0.717, 1.165) is 30.7 Å². The van der Waals surface area contributed by atoms with Gasteiger partial charge in [-0.05, 0) is 43.2 Å². The van der Waals surface area contributed by atoms with Crippen molar-refractivity contribution < 1.29 is 14.3 Å². The molecular weight excluding hydrogens is 242 g/mol. The van der Waals surface area contributed by atoms with Gasteiger partial charge < -0.3 is 14.8 Å². The van der Waals surface area contributed by atoms with Crippen LogP contribution in [0.15, 0.2) is 41.0 Å². The molecule has 4 heteroatoms. The van der Waals surface area contributed by atoms with E-state index in [9.17, 15) is 4.79 Å². The minimum atomic E-state index is -0.902. The van der Waals surface area contributed by atoms with Gasteiger partial charge in [0.05, 0.1) is 17.9 Å². The number of furan rings is 1. The van der Waals surface area contributed by atoms with Gasteiger partial charge in [0, 0.05) is 17.7 Å². The van der Waals surface area contributed by atoms with Crippen LogP contribution in [-0.4, -0.2) is 11.1 Å². The Kier molecular flexibility index (Phi) is 2.99. The molecule has 3 rings (SSSR count). The van der Waals surface area contributed by atoms with Crippen molar-refractivity contribution in [3.63, 3.8) is 0 Å². The SMILES string of the molecule is O=C(O)c1ccc(NC2CCCc3occc32)cc1. The van der Waals surface area contributed by atoms with Crippen LogP contribution in [-0.2, 0) is 6.42 Å². The maximum atomic E-state index is 10.8. The van der Waals surface area contributed by atoms with Crippen molar-refractivity contribution >= 4 is 11.7 Å². The molecule has 1 aliphatic rings. The molecule has 1 aliphatic carbocycles. The first kappa shape index (κ1) is 11.8. The fraction of sp³-hybridized carbons (Fsp3) is 0.267. The lowest BCUT2D eigenvalue weighted by atomic mass is 9.93. The number of carboxylic acids is 1. The number of fused-ring (bicyclic) bond motifs is 1. The highest BCUT2D eigenvalue weighted by atomic mass is 16.4. The van der Waals surface area contributed by atoms with Crippen LogP contribution >= 0.6 is 0 Å². The largest absolute Gasteiger partial charge is 0.478 e. The van der Waals surface area contributed by atoms with E-state index in [-0.39, 0.29) is 6.04 Å². The maximum Gasteiger partial charge on any atom is 0.335 e. The third-order valence-electron chi connectivity index (χ3n) is 3.52. The van der Waals surface area contributed by atoms with Crippen molar-refractivity contribution in [3.05, 3.63) is 53.5 Å². The Morgan fingerprint density at radius 3 is 2.79 bits per heavy atom. The van der Waals surface area contributed by atoms with Gasteiger partial charge in [-0.2, -0.15) is 0 Å². The van der Waals surface area contributed by atoms with E-state index in [1.807, 2.05) is 6.07 Å². The second-order valence-electron chi connectivity index (χ2n) is 4.77. The number of nitrogens with one attached hydrogen (secondary N) is 1. The molecule has 0 spiro atoms. The van der Waals surface area contributed by atoms with Gasteiger partial charge in [0.25, 0.3) is 0 Å². The smallest absolute Gasteiger partial charge is 0.335 e. The fourth-order valence-electron chi connectivity index (χ4n) is 2.55. The molecule has 1 aromatic heterocycles. The van der Waals surface area contributed by atoms with Crippen LogP contribution in [0.4, 0.5) is 5.69 Å². The molecule has 1 unspecified atom stereocenters. The van der Waals surface area contributed by atoms with Crippen LogP contribution in [0.1, 0.15) is 40.6 Å². The van der Waals surface area contributed by atoms with E-state index in [0.29, 0.717) is 5.56 Å². The molecule has 0 saturated carbocycles. The van der Waals surface area contributed by atoms with Crippen LogP contribution in [0.5, 0.6) is 0 Å². The third-order valence-corrected chi connectivity index (χ3v) is 3.52. The summed E-state index contributed by atoms with van der Waals surface area (Å²) in [4.78, 5) is 10.8. The molecule has 1 aromatic carbocycles. The monoisotopic (exact) mass is 257 g/mol. The zero-order valence-corrected chi connectivity index (χ0v) is 10.4. The minimum absolute atomic E-state index is 0.248. The van der Waals surface area contributed by atoms with Gasteiger partial charge in [-0.3, -0.25) is 0 Å². The number of aromatic carboxylic acids is 1. The van der Waals surface area contributed by atoms with E-state index in [4.69, 9.17) is 9.52 Å². The molecule has 2 aromatic rings. The highest BCUT2D eigenvalue weighted by molar-refractivity contribution is 5.88. The van der Waals surface area contributed by atoms with E-state index < -0.39 is 5.97 Å². The van der Waals surface area contributed by atoms with Crippen molar-refractivity contribution in [2.24, 2.45) is 0 Å². The number of carboxylic acid groups (broad SMARTS) is 1. The number of hydrogen-bond donors (Lipinski definition) is 2. The first-order valence-corrected chi connectivity index (χ1v) is 6.40. The summed E-state index contributed by atoms with van der Waals surface area (Å²) < 4.78 is 5.46. The average Bonchev–Trinajstić information content (AvgIpc) is 2.89. The Hall–Kier alpha value is -2.23. The van der Waals surface area contributed by atoms with Crippen LogP contribution < -0.4 is 5.32 Å². The van der Waals surface area contributed by atoms with Gasteiger partial charge >= 0.3 is 5.97 Å². The van der Waals surface area contributed by atoms with Crippen molar-refractivity contribution in [1.29, 1.82) is 0 Å². The highest BCUT2D eigenvalue weighted by Crippen LogP contribution is 2.33. The zero-order chi connectivity index (χ0) is 13.2. The molecule has 1 atom stereocenters. The van der Waals surface area contributed by atoms with Crippen LogP contribution in [0.3, 0.4) is 0 Å². The zero-order valence-electron chi connectivity index (χ0n) is 10.4. The van der Waals surface area contributed by atoms with Gasteiger partial charge in [0.15, 0.2) is 0 Å². The van der Waals surface area contributed by atoms with Gasteiger partial charge in [0.1, 0.15) is 5.76 Å². The Morgan fingerprint density at radius 1 is 1.26 bits per heavy atom. The summed E-state index contributed by atoms with van der Waals surface area (Å²) in [6, 6.07) is 9.10. The Bertz CT molecular complexity index is 586. The number of hydrogen-bond acceptors (Lipinski definition) is 3. The van der Waals surface area contributed by atoms with Crippen molar-refractivity contribution in [3.8, 4) is 0 Å². The van der Waals surface area contributed by atoms with Crippen LogP contribution in [0.2, 0.25) is 0 Å². The van der Waals surface area contributed by atoms with Gasteiger partial charge in [0.2, 0.25) is 0 Å². The summed E-state index contributed by atoms with van der Waals surface area (Å²) in [5.74, 6) is 0.159. The average molecular weight is 257 g/mol. The lowest BCUT2D eigenvalue weighted by molar-refractivity contribution is 0.0697. The van der Waals surface area contributed by atoms with Gasteiger partial charge in [-0.1, -0.05) is 0 Å². The molecular formula is C15H15NO3. The predicted octanol–water partition coefficient (Wildman–Crippen LogP) is 3.47. The van der Waals surface area contributed by atoms with Gasteiger partial charge in [-0.15, -0.1) is 0 Å². The molecule has 0 aliphatic heterocycles. The minimum Gasteiger partial charge on any atom is -0.478 e. The molecule has 98 valence electrons. The molecule has 1 heterocycles. The molecule has 0 saturated heterocycles. The van der Waals surface area contributed by atoms with Crippen molar-refractivity contribution in [2.75, 3.05) is 5.32 Å². The molecule has 0 fully saturated rings. The summed E-state index contributed by atoms with van der Waals surface area (Å²) in [6.45, 7) is 0. The number of rotatable bonds is 3. The number of benzene rings is 1. The van der Waals surface area contributed by atoms with E-state index in [2.05, 4.69) is 5.32 Å². The summed E-state index contributed by atoms with van der Waals surface area (Å²) >= 11 is 0. The molecule has 0 radical (unpaired) electrons. The topological polar surface area (TPSA) is 62.5 Å². The summed E-state index contributed by atoms with van der Waals surface area (Å²) in [6.07, 6.45) is 4.90.